The molecule has 0 atom stereocenters. The fraction of sp³-hybridized carbons (Fsp3) is 0.385. The summed E-state index contributed by atoms with van der Waals surface area (Å²) in [6.07, 6.45) is 28.6. The highest BCUT2D eigenvalue weighted by Gasteiger charge is 2.32. The van der Waals surface area contributed by atoms with Crippen molar-refractivity contribution in [2.45, 2.75) is 266 Å². The van der Waals surface area contributed by atoms with Gasteiger partial charge in [0.1, 0.15) is 35.2 Å². The van der Waals surface area contributed by atoms with Gasteiger partial charge in [-0.3, -0.25) is 0 Å². The first kappa shape index (κ1) is 102. The Balaban J connectivity index is 0.000000119. The van der Waals surface area contributed by atoms with E-state index in [1.807, 2.05) is 13.0 Å². The second-order valence-corrected chi connectivity index (χ2v) is 46.8. The van der Waals surface area contributed by atoms with Gasteiger partial charge in [-0.15, -0.1) is 0 Å². The van der Waals surface area contributed by atoms with Crippen LogP contribution in [0.3, 0.4) is 0 Å². The largest absolute Gasteiger partial charge is 0.437 e. The third kappa shape index (κ3) is 22.0. The van der Waals surface area contributed by atoms with Crippen LogP contribution in [0.5, 0.6) is 0 Å². The zero-order valence-electron chi connectivity index (χ0n) is 91.2. The molecule has 2 fully saturated rings. The average Bonchev–Trinajstić information content (AvgIpc) is 1.62. The van der Waals surface area contributed by atoms with Crippen LogP contribution in [0.25, 0.3) is 167 Å². The fourth-order valence-electron chi connectivity index (χ4n) is 22.1. The van der Waals surface area contributed by atoms with Crippen molar-refractivity contribution in [3.63, 3.8) is 0 Å². The topological polar surface area (TPSA) is 150 Å². The standard InChI is InChI=1S/C28H33N2O.C27H31N2O.C26H31N2O.C25H29N2O.C24H27N2O/c1-18(2)16-20-14-15-30(4)25(17-20)26-19(3)10-11-22-23-12-13-24(21-8-6-5-7-9-21)29-28(23)31-27(22)26;1-17(2)15-19-13-14-29(4)24(16-19)25-18(3)9-10-21-22-11-12-23(20-7-5-6-8-20)28-27(22)30-26(21)25;1-16(2)21-11-10-20-19-9-8-17(3)23(24(19)29-25(20)27-21)22-14-18(12-13-28(22)7)15-26(4,5)6;1-7-18-9-11-20-19-10-8-16(2)22(23(19)28-24(20)26-18)21-14-17(12-13-27(21)6)15-25(3,4)5;1-15-7-9-18-19-10-8-16(2)25-23(19)27-22(18)21(15)20-13-17(11-12-26(20)6)14-24(3,4)5/h10-15,17-18,21H,5-9,16H2,1-4H3;9-14,16-17,20H,5-8,15H2,1-4H3;8-14,16H,15H2,1-7H3;8-14H,7,15H2,1-6H3;7-13H,14H2,1-6H3/q5*+1. The maximum Gasteiger partial charge on any atom is 0.227 e. The van der Waals surface area contributed by atoms with Gasteiger partial charge >= 0.3 is 0 Å². The van der Waals surface area contributed by atoms with Crippen LogP contribution >= 0.6 is 0 Å². The molecule has 746 valence electrons. The molecule has 2 aliphatic rings. The van der Waals surface area contributed by atoms with E-state index in [4.69, 9.17) is 42.0 Å². The molecule has 2 saturated carbocycles. The van der Waals surface area contributed by atoms with Crippen molar-refractivity contribution in [2.75, 3.05) is 0 Å². The molecule has 0 radical (unpaired) electrons. The van der Waals surface area contributed by atoms with Crippen molar-refractivity contribution in [2.24, 2.45) is 63.3 Å². The van der Waals surface area contributed by atoms with E-state index in [-0.39, 0.29) is 16.2 Å². The Morgan fingerprint density at radius 2 is 0.552 bits per heavy atom. The van der Waals surface area contributed by atoms with E-state index < -0.39 is 0 Å². The van der Waals surface area contributed by atoms with Crippen molar-refractivity contribution in [3.8, 4) is 56.3 Å². The minimum absolute atomic E-state index is 0.245. The number of fused-ring (bicyclic) bond motifs is 15. The molecule has 0 saturated heterocycles. The first-order valence-corrected chi connectivity index (χ1v) is 53.2. The van der Waals surface area contributed by atoms with Crippen molar-refractivity contribution in [3.05, 3.63) is 297 Å². The summed E-state index contributed by atoms with van der Waals surface area (Å²) in [5.41, 5.74) is 39.3. The predicted molar refractivity (Wildman–Crippen MR) is 596 cm³/mol. The Labute approximate surface area is 857 Å². The summed E-state index contributed by atoms with van der Waals surface area (Å²) in [6.45, 7) is 48.8. The summed E-state index contributed by atoms with van der Waals surface area (Å²) in [4.78, 5) is 24.1. The lowest BCUT2D eigenvalue weighted by atomic mass is 9.86. The number of rotatable bonds is 16. The third-order valence-electron chi connectivity index (χ3n) is 29.4. The van der Waals surface area contributed by atoms with E-state index in [0.29, 0.717) is 35.3 Å². The van der Waals surface area contributed by atoms with E-state index in [2.05, 4.69) is 415 Å². The van der Waals surface area contributed by atoms with E-state index in [9.17, 15) is 0 Å². The fourth-order valence-corrected chi connectivity index (χ4v) is 22.1. The highest BCUT2D eigenvalue weighted by Crippen LogP contribution is 2.46. The third-order valence-corrected chi connectivity index (χ3v) is 29.4. The smallest absolute Gasteiger partial charge is 0.227 e. The number of aromatic nitrogens is 10. The molecule has 15 aromatic heterocycles. The first-order valence-electron chi connectivity index (χ1n) is 53.2. The SMILES string of the molecule is CCc1ccc2c(n1)oc1c(-c3cc(CC(C)(C)C)cc[n+]3C)c(C)ccc12.Cc1ccc2c(n1)oc1c(-c3cc(CC(C)(C)C)cc[n+]3C)c(C)ccc12.Cc1ccc2c(oc3nc(C(C)C)ccc32)c1-c1cc(CC(C)(C)C)cc[n+]1C.Cc1ccc2c(oc3nc(C4CCCC4)ccc32)c1-c1cc(CC(C)C)cc[n+]1C.Cc1ccc2c(oc3nc(C4CCCCC4)ccc32)c1-c1cc(CC(C)C)cc[n+]1C. The number of furan rings is 5. The van der Waals surface area contributed by atoms with Gasteiger partial charge in [0, 0.05) is 155 Å². The van der Waals surface area contributed by atoms with Gasteiger partial charge < -0.3 is 22.1 Å². The van der Waals surface area contributed by atoms with Crippen LogP contribution in [0.15, 0.2) is 235 Å². The molecule has 145 heavy (non-hydrogen) atoms. The lowest BCUT2D eigenvalue weighted by molar-refractivity contribution is -0.660. The van der Waals surface area contributed by atoms with Crippen molar-refractivity contribution in [1.82, 2.24) is 24.9 Å². The van der Waals surface area contributed by atoms with Gasteiger partial charge in [0.25, 0.3) is 0 Å². The van der Waals surface area contributed by atoms with Crippen LogP contribution in [-0.2, 0) is 73.8 Å². The average molecular weight is 1930 g/mol. The molecule has 0 spiro atoms. The predicted octanol–water partition coefficient (Wildman–Crippen LogP) is 31.8. The van der Waals surface area contributed by atoms with Gasteiger partial charge in [0.2, 0.25) is 57.0 Å². The zero-order chi connectivity index (χ0) is 103. The van der Waals surface area contributed by atoms with Crippen LogP contribution < -0.4 is 22.8 Å². The second-order valence-electron chi connectivity index (χ2n) is 46.8. The molecule has 2 aliphatic carbocycles. The molecule has 0 aliphatic heterocycles. The monoisotopic (exact) mass is 1930 g/mol. The van der Waals surface area contributed by atoms with E-state index in [0.717, 1.165) is 177 Å². The van der Waals surface area contributed by atoms with Crippen molar-refractivity contribution < 1.29 is 44.9 Å². The molecule has 0 bridgehead atoms. The minimum Gasteiger partial charge on any atom is -0.437 e. The molecule has 0 N–H and O–H groups in total. The number of hydrogen-bond donors (Lipinski definition) is 0. The number of hydrogen-bond acceptors (Lipinski definition) is 10. The molecular formula is C130H151N10O5+5. The van der Waals surface area contributed by atoms with Crippen molar-refractivity contribution >= 4 is 110 Å². The molecule has 15 nitrogen and oxygen atoms in total. The summed E-state index contributed by atoms with van der Waals surface area (Å²) in [7, 11) is 10.5. The lowest BCUT2D eigenvalue weighted by Crippen LogP contribution is -2.31. The van der Waals surface area contributed by atoms with Crippen LogP contribution in [0.2, 0.25) is 0 Å². The summed E-state index contributed by atoms with van der Waals surface area (Å²) in [6, 6.07) is 66.1. The van der Waals surface area contributed by atoms with E-state index in [1.54, 1.807) is 0 Å². The first-order chi connectivity index (χ1) is 69.1. The highest BCUT2D eigenvalue weighted by atomic mass is 16.4. The highest BCUT2D eigenvalue weighted by molar-refractivity contribution is 6.13. The number of benzene rings is 5. The van der Waals surface area contributed by atoms with Crippen LogP contribution in [0, 0.1) is 69.6 Å². The summed E-state index contributed by atoms with van der Waals surface area (Å²) >= 11 is 0. The van der Waals surface area contributed by atoms with Crippen molar-refractivity contribution in [1.29, 1.82) is 0 Å². The quantitative estimate of drug-likeness (QED) is 0.0856. The van der Waals surface area contributed by atoms with Crippen LogP contribution in [0.4, 0.5) is 0 Å². The van der Waals surface area contributed by atoms with Gasteiger partial charge in [-0.2, -0.15) is 0 Å². The Kier molecular flexibility index (Phi) is 29.2. The number of aryl methyl sites for hydroxylation is 12. The molecule has 0 unspecified atom stereocenters. The van der Waals surface area contributed by atoms with Gasteiger partial charge in [-0.25, -0.2) is 47.8 Å². The minimum atomic E-state index is 0.245. The normalized spacial score (nSPS) is 13.5. The molecule has 15 heteroatoms. The molecule has 22 rings (SSSR count). The summed E-state index contributed by atoms with van der Waals surface area (Å²) in [5, 5.41) is 11.2. The van der Waals surface area contributed by atoms with Gasteiger partial charge in [-0.05, 0) is 256 Å². The molecule has 20 aromatic rings. The Morgan fingerprint density at radius 1 is 0.290 bits per heavy atom. The molecule has 0 amide bonds. The van der Waals surface area contributed by atoms with E-state index in [1.165, 1.54) is 164 Å². The summed E-state index contributed by atoms with van der Waals surface area (Å²) in [5.74, 6) is 2.81. The molecule has 15 heterocycles. The lowest BCUT2D eigenvalue weighted by Gasteiger charge is -2.20. The molecular weight excluding hydrogens is 1780 g/mol. The van der Waals surface area contributed by atoms with Crippen LogP contribution in [0.1, 0.15) is 270 Å². The Bertz CT molecular complexity index is 8260. The van der Waals surface area contributed by atoms with E-state index >= 15 is 0 Å². The number of nitrogens with zero attached hydrogens (tertiary/aromatic N) is 10. The van der Waals surface area contributed by atoms with Gasteiger partial charge in [0.05, 0.1) is 27.8 Å². The Morgan fingerprint density at radius 3 is 0.855 bits per heavy atom. The summed E-state index contributed by atoms with van der Waals surface area (Å²) < 4.78 is 42.9. The number of pyridine rings is 10. The van der Waals surface area contributed by atoms with Crippen LogP contribution in [-0.4, -0.2) is 24.9 Å². The Hall–Kier alpha value is -13.4. The molecule has 5 aromatic carbocycles. The van der Waals surface area contributed by atoms with Gasteiger partial charge in [0.15, 0.2) is 58.9 Å². The maximum atomic E-state index is 6.50. The second kappa shape index (κ2) is 41.6. The zero-order valence-corrected chi connectivity index (χ0v) is 91.2. The van der Waals surface area contributed by atoms with Gasteiger partial charge in [-0.1, -0.05) is 204 Å². The maximum absolute atomic E-state index is 6.50.